The Labute approximate surface area is 136 Å². The van der Waals surface area contributed by atoms with E-state index in [1.807, 2.05) is 18.2 Å². The van der Waals surface area contributed by atoms with Crippen LogP contribution in [-0.4, -0.2) is 20.3 Å². The Kier molecular flexibility index (Phi) is 4.25. The quantitative estimate of drug-likeness (QED) is 0.799. The van der Waals surface area contributed by atoms with Crippen molar-refractivity contribution in [1.29, 1.82) is 0 Å². The molecular weight excluding hydrogens is 316 g/mol. The second-order valence-electron chi connectivity index (χ2n) is 4.84. The standard InChI is InChI=1S/C16H13ClN4O2/c17-13-5-1-2-6-14(13)21-10-12(9-18-21)19-15(22)11-20-8-4-3-7-16(20)23/h1-10H,11H2,(H,19,22). The third kappa shape index (κ3) is 3.49. The maximum Gasteiger partial charge on any atom is 0.250 e. The predicted octanol–water partition coefficient (Wildman–Crippen LogP) is 2.33. The van der Waals surface area contributed by atoms with E-state index in [1.165, 1.54) is 16.8 Å². The van der Waals surface area contributed by atoms with E-state index in [1.54, 1.807) is 35.3 Å². The van der Waals surface area contributed by atoms with Gasteiger partial charge in [-0.25, -0.2) is 4.68 Å². The lowest BCUT2D eigenvalue weighted by atomic mass is 10.3. The lowest BCUT2D eigenvalue weighted by Crippen LogP contribution is -2.26. The molecular formula is C16H13ClN4O2. The third-order valence-electron chi connectivity index (χ3n) is 3.18. The molecule has 7 heteroatoms. The van der Waals surface area contributed by atoms with Gasteiger partial charge in [0.05, 0.1) is 28.8 Å². The summed E-state index contributed by atoms with van der Waals surface area (Å²) in [5.74, 6) is -0.308. The Morgan fingerprint density at radius 1 is 1.17 bits per heavy atom. The number of aromatic nitrogens is 3. The number of amides is 1. The molecule has 1 N–H and O–H groups in total. The SMILES string of the molecule is O=C(Cn1ccccc1=O)Nc1cnn(-c2ccccc2Cl)c1. The van der Waals surface area contributed by atoms with Crippen molar-refractivity contribution in [2.75, 3.05) is 5.32 Å². The second-order valence-corrected chi connectivity index (χ2v) is 5.25. The van der Waals surface area contributed by atoms with E-state index >= 15 is 0 Å². The Morgan fingerprint density at radius 3 is 2.74 bits per heavy atom. The Hall–Kier alpha value is -2.86. The fraction of sp³-hybridized carbons (Fsp3) is 0.0625. The molecule has 0 saturated carbocycles. The van der Waals surface area contributed by atoms with Gasteiger partial charge in [0.1, 0.15) is 6.54 Å². The third-order valence-corrected chi connectivity index (χ3v) is 3.50. The van der Waals surface area contributed by atoms with E-state index in [-0.39, 0.29) is 18.0 Å². The van der Waals surface area contributed by atoms with Gasteiger partial charge in [0.25, 0.3) is 5.56 Å². The summed E-state index contributed by atoms with van der Waals surface area (Å²) in [5.41, 5.74) is 1.02. The fourth-order valence-electron chi connectivity index (χ4n) is 2.10. The van der Waals surface area contributed by atoms with Crippen molar-refractivity contribution in [3.63, 3.8) is 0 Å². The van der Waals surface area contributed by atoms with Crippen LogP contribution in [0.5, 0.6) is 0 Å². The molecule has 0 aliphatic carbocycles. The highest BCUT2D eigenvalue weighted by Gasteiger charge is 2.08. The highest BCUT2D eigenvalue weighted by atomic mass is 35.5. The van der Waals surface area contributed by atoms with E-state index in [0.717, 1.165) is 0 Å². The summed E-state index contributed by atoms with van der Waals surface area (Å²) in [6.45, 7) is -0.0586. The Balaban J connectivity index is 1.72. The molecule has 2 heterocycles. The predicted molar refractivity (Wildman–Crippen MR) is 87.9 cm³/mol. The summed E-state index contributed by atoms with van der Waals surface area (Å²) in [6.07, 6.45) is 4.75. The topological polar surface area (TPSA) is 68.9 Å². The molecule has 116 valence electrons. The van der Waals surface area contributed by atoms with Crippen LogP contribution < -0.4 is 10.9 Å². The minimum atomic E-state index is -0.308. The molecule has 23 heavy (non-hydrogen) atoms. The number of anilines is 1. The maximum absolute atomic E-state index is 12.0. The van der Waals surface area contributed by atoms with Crippen LogP contribution >= 0.6 is 11.6 Å². The molecule has 0 atom stereocenters. The van der Waals surface area contributed by atoms with Crippen molar-refractivity contribution < 1.29 is 4.79 Å². The largest absolute Gasteiger partial charge is 0.322 e. The highest BCUT2D eigenvalue weighted by molar-refractivity contribution is 6.32. The minimum Gasteiger partial charge on any atom is -0.322 e. The fourth-order valence-corrected chi connectivity index (χ4v) is 2.33. The first-order valence-electron chi connectivity index (χ1n) is 6.88. The van der Waals surface area contributed by atoms with Gasteiger partial charge >= 0.3 is 0 Å². The van der Waals surface area contributed by atoms with E-state index in [4.69, 9.17) is 11.6 Å². The van der Waals surface area contributed by atoms with Crippen LogP contribution in [0.15, 0.2) is 65.8 Å². The number of nitrogens with one attached hydrogen (secondary N) is 1. The van der Waals surface area contributed by atoms with Gasteiger partial charge in [0.2, 0.25) is 5.91 Å². The van der Waals surface area contributed by atoms with E-state index in [9.17, 15) is 9.59 Å². The molecule has 0 fully saturated rings. The molecule has 3 rings (SSSR count). The normalized spacial score (nSPS) is 10.5. The lowest BCUT2D eigenvalue weighted by Gasteiger charge is -2.05. The first-order chi connectivity index (χ1) is 11.1. The summed E-state index contributed by atoms with van der Waals surface area (Å²) in [5, 5.41) is 7.44. The number of hydrogen-bond acceptors (Lipinski definition) is 3. The number of pyridine rings is 1. The van der Waals surface area contributed by atoms with E-state index in [2.05, 4.69) is 10.4 Å². The molecule has 0 aliphatic heterocycles. The highest BCUT2D eigenvalue weighted by Crippen LogP contribution is 2.20. The molecule has 0 aliphatic rings. The average molecular weight is 329 g/mol. The van der Waals surface area contributed by atoms with Crippen LogP contribution in [0.2, 0.25) is 5.02 Å². The first kappa shape index (κ1) is 15.1. The van der Waals surface area contributed by atoms with E-state index in [0.29, 0.717) is 16.4 Å². The van der Waals surface area contributed by atoms with Crippen LogP contribution in [0, 0.1) is 0 Å². The average Bonchev–Trinajstić information content (AvgIpc) is 2.98. The number of benzene rings is 1. The molecule has 0 radical (unpaired) electrons. The zero-order valence-electron chi connectivity index (χ0n) is 12.0. The smallest absolute Gasteiger partial charge is 0.250 e. The Bertz CT molecular complexity index is 901. The molecule has 3 aromatic rings. The Morgan fingerprint density at radius 2 is 1.96 bits per heavy atom. The lowest BCUT2D eigenvalue weighted by molar-refractivity contribution is -0.116. The number of hydrogen-bond donors (Lipinski definition) is 1. The minimum absolute atomic E-state index is 0.0586. The van der Waals surface area contributed by atoms with Gasteiger partial charge in [-0.15, -0.1) is 0 Å². The summed E-state index contributed by atoms with van der Waals surface area (Å²) in [7, 11) is 0. The van der Waals surface area contributed by atoms with Gasteiger partial charge in [-0.05, 0) is 18.2 Å². The molecule has 1 amide bonds. The van der Waals surface area contributed by atoms with Crippen LogP contribution in [0.3, 0.4) is 0 Å². The molecule has 6 nitrogen and oxygen atoms in total. The van der Waals surface area contributed by atoms with Crippen molar-refractivity contribution in [3.8, 4) is 5.69 Å². The van der Waals surface area contributed by atoms with Crippen molar-refractivity contribution in [2.45, 2.75) is 6.54 Å². The molecule has 0 spiro atoms. The monoisotopic (exact) mass is 328 g/mol. The molecule has 0 saturated heterocycles. The maximum atomic E-state index is 12.0. The van der Waals surface area contributed by atoms with Gasteiger partial charge in [0, 0.05) is 12.3 Å². The number of halogens is 1. The number of para-hydroxylation sites is 1. The summed E-state index contributed by atoms with van der Waals surface area (Å²) < 4.78 is 2.90. The molecule has 0 unspecified atom stereocenters. The summed E-state index contributed by atoms with van der Waals surface area (Å²) in [6, 6.07) is 12.0. The van der Waals surface area contributed by atoms with Crippen molar-refractivity contribution in [3.05, 3.63) is 76.4 Å². The zero-order valence-corrected chi connectivity index (χ0v) is 12.8. The second kappa shape index (κ2) is 6.50. The number of carbonyl (C=O) groups is 1. The first-order valence-corrected chi connectivity index (χ1v) is 7.26. The molecule has 0 bridgehead atoms. The van der Waals surface area contributed by atoms with Crippen molar-refractivity contribution in [1.82, 2.24) is 14.3 Å². The van der Waals surface area contributed by atoms with Crippen LogP contribution in [-0.2, 0) is 11.3 Å². The van der Waals surface area contributed by atoms with Gasteiger partial charge in [-0.2, -0.15) is 5.10 Å². The van der Waals surface area contributed by atoms with Gasteiger partial charge in [0.15, 0.2) is 0 Å². The van der Waals surface area contributed by atoms with Crippen LogP contribution in [0.1, 0.15) is 0 Å². The number of rotatable bonds is 4. The van der Waals surface area contributed by atoms with Crippen molar-refractivity contribution in [2.24, 2.45) is 0 Å². The van der Waals surface area contributed by atoms with Crippen LogP contribution in [0.25, 0.3) is 5.69 Å². The molecule has 2 aromatic heterocycles. The van der Waals surface area contributed by atoms with Crippen LogP contribution in [0.4, 0.5) is 5.69 Å². The summed E-state index contributed by atoms with van der Waals surface area (Å²) >= 11 is 6.11. The molecule has 1 aromatic carbocycles. The van der Waals surface area contributed by atoms with Gasteiger partial charge < -0.3 is 9.88 Å². The van der Waals surface area contributed by atoms with Crippen molar-refractivity contribution >= 4 is 23.2 Å². The zero-order chi connectivity index (χ0) is 16.2. The van der Waals surface area contributed by atoms with E-state index < -0.39 is 0 Å². The number of carbonyl (C=O) groups excluding carboxylic acids is 1. The summed E-state index contributed by atoms with van der Waals surface area (Å²) in [4.78, 5) is 23.6. The number of nitrogens with zero attached hydrogens (tertiary/aromatic N) is 3. The van der Waals surface area contributed by atoms with Gasteiger partial charge in [-0.3, -0.25) is 9.59 Å². The van der Waals surface area contributed by atoms with Gasteiger partial charge in [-0.1, -0.05) is 29.8 Å².